The first-order valence-corrected chi connectivity index (χ1v) is 11.6. The third kappa shape index (κ3) is 5.05. The molecule has 1 saturated heterocycles. The maximum Gasteiger partial charge on any atom is 0.311 e. The van der Waals surface area contributed by atoms with Gasteiger partial charge in [-0.05, 0) is 42.3 Å². The molecular formula is C27H30N2O6. The number of nitrogens with zero attached hydrogens (tertiary/aromatic N) is 2. The number of hydrogen-bond donors (Lipinski definition) is 0. The van der Waals surface area contributed by atoms with Gasteiger partial charge in [0.05, 0.1) is 32.7 Å². The quantitative estimate of drug-likeness (QED) is 0.427. The fraction of sp³-hybridized carbons (Fsp3) is 0.407. The van der Waals surface area contributed by atoms with E-state index in [0.717, 1.165) is 11.1 Å². The van der Waals surface area contributed by atoms with Crippen molar-refractivity contribution in [3.8, 4) is 29.6 Å². The van der Waals surface area contributed by atoms with Gasteiger partial charge in [-0.3, -0.25) is 14.5 Å². The highest BCUT2D eigenvalue weighted by Crippen LogP contribution is 2.48. The van der Waals surface area contributed by atoms with Gasteiger partial charge < -0.3 is 23.8 Å². The summed E-state index contributed by atoms with van der Waals surface area (Å²) in [6.07, 6.45) is 5.41. The smallest absolute Gasteiger partial charge is 0.311 e. The maximum absolute atomic E-state index is 13.4. The second-order valence-corrected chi connectivity index (χ2v) is 8.60. The van der Waals surface area contributed by atoms with E-state index < -0.39 is 5.92 Å². The number of methoxy groups -OCH3 is 1. The van der Waals surface area contributed by atoms with Crippen LogP contribution in [0.4, 0.5) is 0 Å². The normalized spacial score (nSPS) is 20.8. The molecule has 0 radical (unpaired) electrons. The average Bonchev–Trinajstić information content (AvgIpc) is 3.48. The van der Waals surface area contributed by atoms with E-state index in [1.807, 2.05) is 47.4 Å². The van der Waals surface area contributed by atoms with E-state index in [9.17, 15) is 9.59 Å². The fourth-order valence-corrected chi connectivity index (χ4v) is 4.82. The summed E-state index contributed by atoms with van der Waals surface area (Å²) < 4.78 is 21.9. The van der Waals surface area contributed by atoms with Crippen molar-refractivity contribution >= 4 is 11.9 Å². The van der Waals surface area contributed by atoms with Crippen molar-refractivity contribution in [1.29, 1.82) is 0 Å². The van der Waals surface area contributed by atoms with Crippen LogP contribution in [-0.2, 0) is 14.3 Å². The average molecular weight is 479 g/mol. The molecule has 2 heterocycles. The minimum atomic E-state index is -0.533. The molecule has 0 bridgehead atoms. The minimum absolute atomic E-state index is 0.115. The van der Waals surface area contributed by atoms with Crippen molar-refractivity contribution in [1.82, 2.24) is 9.80 Å². The summed E-state index contributed by atoms with van der Waals surface area (Å²) in [6.45, 7) is 3.04. The minimum Gasteiger partial charge on any atom is -0.497 e. The Morgan fingerprint density at radius 3 is 2.54 bits per heavy atom. The Kier molecular flexibility index (Phi) is 7.47. The van der Waals surface area contributed by atoms with Gasteiger partial charge in [0.2, 0.25) is 12.7 Å². The number of hydrogen-bond acceptors (Lipinski definition) is 7. The van der Waals surface area contributed by atoms with E-state index in [-0.39, 0.29) is 50.3 Å². The predicted molar refractivity (Wildman–Crippen MR) is 129 cm³/mol. The molecule has 0 spiro atoms. The van der Waals surface area contributed by atoms with E-state index in [0.29, 0.717) is 23.8 Å². The Balaban J connectivity index is 1.75. The van der Waals surface area contributed by atoms with Crippen LogP contribution in [0.5, 0.6) is 17.2 Å². The Hall–Kier alpha value is -3.70. The molecule has 2 aliphatic rings. The number of rotatable bonds is 8. The van der Waals surface area contributed by atoms with Gasteiger partial charge in [-0.2, -0.15) is 0 Å². The molecule has 8 heteroatoms. The third-order valence-electron chi connectivity index (χ3n) is 6.53. The first-order valence-electron chi connectivity index (χ1n) is 11.6. The van der Waals surface area contributed by atoms with E-state index in [2.05, 4.69) is 5.92 Å². The van der Waals surface area contributed by atoms with Gasteiger partial charge in [0.1, 0.15) is 5.75 Å². The Morgan fingerprint density at radius 1 is 1.14 bits per heavy atom. The molecule has 0 aromatic heterocycles. The molecule has 0 saturated carbocycles. The Labute approximate surface area is 205 Å². The van der Waals surface area contributed by atoms with Crippen molar-refractivity contribution in [2.45, 2.75) is 18.9 Å². The predicted octanol–water partition coefficient (Wildman–Crippen LogP) is 2.84. The van der Waals surface area contributed by atoms with E-state index in [4.69, 9.17) is 25.4 Å². The summed E-state index contributed by atoms with van der Waals surface area (Å²) in [5.74, 6) is 3.37. The molecule has 4 rings (SSSR count). The highest BCUT2D eigenvalue weighted by Gasteiger charge is 2.48. The van der Waals surface area contributed by atoms with Crippen LogP contribution < -0.4 is 14.2 Å². The zero-order valence-corrected chi connectivity index (χ0v) is 20.2. The summed E-state index contributed by atoms with van der Waals surface area (Å²) in [5, 5.41) is 0. The lowest BCUT2D eigenvalue weighted by molar-refractivity contribution is -0.149. The Morgan fingerprint density at radius 2 is 1.86 bits per heavy atom. The molecule has 0 aliphatic carbocycles. The maximum atomic E-state index is 13.4. The molecule has 8 nitrogen and oxygen atoms in total. The highest BCUT2D eigenvalue weighted by atomic mass is 16.7. The topological polar surface area (TPSA) is 77.5 Å². The van der Waals surface area contributed by atoms with E-state index >= 15 is 0 Å². The SMILES string of the molecule is C#CCN(C)C(=O)CN1C[C@H](c2ccc3c(c2)OCO3)[C@@H](C(=O)OCC)[C@@H]1c1ccc(OC)cc1. The number of ether oxygens (including phenoxy) is 4. The number of likely N-dealkylation sites (N-methyl/N-ethyl adjacent to an activating group) is 1. The molecule has 2 aliphatic heterocycles. The van der Waals surface area contributed by atoms with E-state index in [1.54, 1.807) is 21.1 Å². The molecule has 0 unspecified atom stereocenters. The summed E-state index contributed by atoms with van der Waals surface area (Å²) >= 11 is 0. The second kappa shape index (κ2) is 10.7. The first-order chi connectivity index (χ1) is 17.0. The molecule has 2 aromatic carbocycles. The standard InChI is InChI=1S/C27H30N2O6/c1-5-13-28(3)24(30)16-29-15-21(19-9-12-22-23(14-19)35-17-34-22)25(27(31)33-6-2)26(29)18-7-10-20(32-4)11-8-18/h1,7-12,14,21,25-26H,6,13,15-17H2,2-4H3/t21-,25-,26+/m1/s1. The van der Waals surface area contributed by atoms with Crippen molar-refractivity contribution in [3.63, 3.8) is 0 Å². The van der Waals surface area contributed by atoms with Crippen molar-refractivity contribution in [2.75, 3.05) is 47.2 Å². The molecule has 1 fully saturated rings. The molecule has 0 N–H and O–H groups in total. The summed E-state index contributed by atoms with van der Waals surface area (Å²) in [7, 11) is 3.28. The van der Waals surface area contributed by atoms with Crippen LogP contribution in [0.3, 0.4) is 0 Å². The molecule has 1 amide bonds. The highest BCUT2D eigenvalue weighted by molar-refractivity contribution is 5.80. The van der Waals surface area contributed by atoms with Crippen LogP contribution in [0.25, 0.3) is 0 Å². The number of likely N-dealkylation sites (tertiary alicyclic amines) is 1. The Bertz CT molecular complexity index is 1110. The van der Waals surface area contributed by atoms with E-state index in [1.165, 1.54) is 4.90 Å². The summed E-state index contributed by atoms with van der Waals surface area (Å²) in [4.78, 5) is 29.9. The molecule has 184 valence electrons. The number of esters is 1. The molecule has 2 aromatic rings. The van der Waals surface area contributed by atoms with Crippen molar-refractivity contribution in [3.05, 3.63) is 53.6 Å². The van der Waals surface area contributed by atoms with Crippen molar-refractivity contribution in [2.24, 2.45) is 5.92 Å². The van der Waals surface area contributed by atoms with Crippen LogP contribution in [0.1, 0.15) is 30.0 Å². The molecule has 35 heavy (non-hydrogen) atoms. The summed E-state index contributed by atoms with van der Waals surface area (Å²) in [6, 6.07) is 12.9. The lowest BCUT2D eigenvalue weighted by Crippen LogP contribution is -2.39. The van der Waals surface area contributed by atoms with Gasteiger partial charge in [-0.15, -0.1) is 6.42 Å². The van der Waals surface area contributed by atoms with Gasteiger partial charge in [0, 0.05) is 25.6 Å². The number of terminal acetylenes is 1. The zero-order chi connectivity index (χ0) is 24.9. The lowest BCUT2D eigenvalue weighted by atomic mass is 9.82. The van der Waals surface area contributed by atoms with Crippen LogP contribution in [0.15, 0.2) is 42.5 Å². The van der Waals surface area contributed by atoms with Gasteiger partial charge in [0.25, 0.3) is 0 Å². The fourth-order valence-electron chi connectivity index (χ4n) is 4.82. The van der Waals surface area contributed by atoms with Gasteiger partial charge >= 0.3 is 5.97 Å². The van der Waals surface area contributed by atoms with Gasteiger partial charge in [0.15, 0.2) is 11.5 Å². The number of benzene rings is 2. The first kappa shape index (κ1) is 24.4. The van der Waals surface area contributed by atoms with Crippen LogP contribution in [0, 0.1) is 18.3 Å². The second-order valence-electron chi connectivity index (χ2n) is 8.60. The van der Waals surface area contributed by atoms with Gasteiger partial charge in [-0.25, -0.2) is 0 Å². The van der Waals surface area contributed by atoms with Crippen LogP contribution in [-0.4, -0.2) is 68.9 Å². The van der Waals surface area contributed by atoms with Crippen LogP contribution >= 0.6 is 0 Å². The van der Waals surface area contributed by atoms with Gasteiger partial charge in [-0.1, -0.05) is 24.1 Å². The monoisotopic (exact) mass is 478 g/mol. The zero-order valence-electron chi connectivity index (χ0n) is 20.2. The summed E-state index contributed by atoms with van der Waals surface area (Å²) in [5.41, 5.74) is 1.83. The molecular weight excluding hydrogens is 448 g/mol. The number of fused-ring (bicyclic) bond motifs is 1. The third-order valence-corrected chi connectivity index (χ3v) is 6.53. The lowest BCUT2D eigenvalue weighted by Gasteiger charge is -2.29. The number of carbonyl (C=O) groups excluding carboxylic acids is 2. The largest absolute Gasteiger partial charge is 0.497 e. The van der Waals surface area contributed by atoms with Crippen molar-refractivity contribution < 1.29 is 28.5 Å². The van der Waals surface area contributed by atoms with Crippen LogP contribution in [0.2, 0.25) is 0 Å². The number of amides is 1. The number of carbonyl (C=O) groups is 2. The molecule has 3 atom stereocenters.